The van der Waals surface area contributed by atoms with Crippen LogP contribution in [0.15, 0.2) is 23.8 Å². The van der Waals surface area contributed by atoms with Crippen molar-refractivity contribution in [3.63, 3.8) is 0 Å². The number of aliphatic hydroxyl groups is 2. The molecule has 86 valence electrons. The Kier molecular flexibility index (Phi) is 7.58. The Hall–Kier alpha value is -1.13. The second-order valence-electron chi connectivity index (χ2n) is 3.11. The highest BCUT2D eigenvalue weighted by atomic mass is 16.3. The van der Waals surface area contributed by atoms with E-state index in [1.54, 1.807) is 19.1 Å². The van der Waals surface area contributed by atoms with Crippen LogP contribution >= 0.6 is 0 Å². The maximum Gasteiger partial charge on any atom is 0.249 e. The monoisotopic (exact) mass is 213 g/mol. The lowest BCUT2D eigenvalue weighted by Crippen LogP contribution is -2.36. The number of nitrogens with zero attached hydrogens (tertiary/aromatic N) is 1. The minimum absolute atomic E-state index is 0.0946. The molecule has 2 N–H and O–H groups in total. The predicted octanol–water partition coefficient (Wildman–Crippen LogP) is 0.322. The fourth-order valence-electron chi connectivity index (χ4n) is 1.12. The molecule has 0 atom stereocenters. The molecule has 4 nitrogen and oxygen atoms in total. The first kappa shape index (κ1) is 13.9. The maximum absolute atomic E-state index is 11.7. The average molecular weight is 213 g/mol. The molecule has 15 heavy (non-hydrogen) atoms. The van der Waals surface area contributed by atoms with Gasteiger partial charge in [0.05, 0.1) is 13.2 Å². The second kappa shape index (κ2) is 8.20. The molecule has 0 saturated heterocycles. The van der Waals surface area contributed by atoms with Crippen LogP contribution in [0.2, 0.25) is 0 Å². The molecule has 0 aliphatic rings. The van der Waals surface area contributed by atoms with Gasteiger partial charge in [-0.25, -0.2) is 0 Å². The Labute approximate surface area is 90.5 Å². The van der Waals surface area contributed by atoms with Gasteiger partial charge in [0.2, 0.25) is 5.91 Å². The van der Waals surface area contributed by atoms with E-state index in [0.717, 1.165) is 0 Å². The molecule has 0 heterocycles. The van der Waals surface area contributed by atoms with Gasteiger partial charge in [0.25, 0.3) is 0 Å². The van der Waals surface area contributed by atoms with Crippen molar-refractivity contribution >= 4 is 5.91 Å². The van der Waals surface area contributed by atoms with Crippen molar-refractivity contribution in [1.29, 1.82) is 0 Å². The van der Waals surface area contributed by atoms with Crippen molar-refractivity contribution in [2.75, 3.05) is 26.3 Å². The minimum Gasteiger partial charge on any atom is -0.395 e. The molecule has 0 spiro atoms. The van der Waals surface area contributed by atoms with Crippen LogP contribution in [0.1, 0.15) is 13.8 Å². The van der Waals surface area contributed by atoms with E-state index in [2.05, 4.69) is 0 Å². The van der Waals surface area contributed by atoms with Crippen LogP contribution in [0.3, 0.4) is 0 Å². The lowest BCUT2D eigenvalue weighted by atomic mass is 10.2. The van der Waals surface area contributed by atoms with E-state index in [-0.39, 0.29) is 32.2 Å². The number of hydrogen-bond donors (Lipinski definition) is 2. The summed E-state index contributed by atoms with van der Waals surface area (Å²) in [5.74, 6) is -0.156. The van der Waals surface area contributed by atoms with Crippen molar-refractivity contribution < 1.29 is 15.0 Å². The molecule has 0 unspecified atom stereocenters. The molecule has 4 heteroatoms. The Bertz CT molecular complexity index is 240. The molecule has 0 radical (unpaired) electrons. The standard InChI is InChI=1S/C11H19NO3/c1-3-4-5-10(2)11(15)12(6-8-13)7-9-14/h3-5,13-14H,6-9H2,1-2H3/b4-3-,10-5+. The molecule has 0 saturated carbocycles. The molecule has 0 aromatic carbocycles. The van der Waals surface area contributed by atoms with E-state index in [1.807, 2.05) is 13.0 Å². The van der Waals surface area contributed by atoms with Gasteiger partial charge in [-0.2, -0.15) is 0 Å². The fraction of sp³-hybridized carbons (Fsp3) is 0.545. The summed E-state index contributed by atoms with van der Waals surface area (Å²) in [5, 5.41) is 17.5. The summed E-state index contributed by atoms with van der Waals surface area (Å²) in [5.41, 5.74) is 0.593. The first-order valence-electron chi connectivity index (χ1n) is 4.98. The van der Waals surface area contributed by atoms with Crippen molar-refractivity contribution in [1.82, 2.24) is 4.90 Å². The van der Waals surface area contributed by atoms with Gasteiger partial charge in [-0.05, 0) is 13.8 Å². The van der Waals surface area contributed by atoms with Gasteiger partial charge in [0.1, 0.15) is 0 Å². The Balaban J connectivity index is 4.47. The zero-order valence-corrected chi connectivity index (χ0v) is 9.31. The van der Waals surface area contributed by atoms with E-state index < -0.39 is 0 Å². The van der Waals surface area contributed by atoms with Crippen molar-refractivity contribution in [3.8, 4) is 0 Å². The SMILES string of the molecule is C/C=C\C=C(/C)C(=O)N(CCO)CCO. The van der Waals surface area contributed by atoms with Crippen LogP contribution in [0.25, 0.3) is 0 Å². The van der Waals surface area contributed by atoms with E-state index in [1.165, 1.54) is 4.90 Å². The average Bonchev–Trinajstić information content (AvgIpc) is 2.24. The maximum atomic E-state index is 11.7. The van der Waals surface area contributed by atoms with Gasteiger partial charge in [-0.3, -0.25) is 4.79 Å². The lowest BCUT2D eigenvalue weighted by Gasteiger charge is -2.20. The normalized spacial score (nSPS) is 12.1. The Morgan fingerprint density at radius 3 is 2.20 bits per heavy atom. The molecule has 0 rings (SSSR count). The summed E-state index contributed by atoms with van der Waals surface area (Å²) in [6.07, 6.45) is 5.33. The molecule has 0 bridgehead atoms. The number of rotatable bonds is 6. The molecule has 0 aliphatic carbocycles. The van der Waals surface area contributed by atoms with Gasteiger partial charge < -0.3 is 15.1 Å². The largest absolute Gasteiger partial charge is 0.395 e. The number of carbonyl (C=O) groups excluding carboxylic acids is 1. The van der Waals surface area contributed by atoms with Crippen molar-refractivity contribution in [2.24, 2.45) is 0 Å². The second-order valence-corrected chi connectivity index (χ2v) is 3.11. The van der Waals surface area contributed by atoms with E-state index in [0.29, 0.717) is 5.57 Å². The van der Waals surface area contributed by atoms with Crippen LogP contribution in [-0.4, -0.2) is 47.3 Å². The number of aliphatic hydroxyl groups excluding tert-OH is 2. The molecular weight excluding hydrogens is 194 g/mol. The highest BCUT2D eigenvalue weighted by molar-refractivity contribution is 5.93. The summed E-state index contributed by atoms with van der Waals surface area (Å²) >= 11 is 0. The number of carbonyl (C=O) groups is 1. The zero-order valence-electron chi connectivity index (χ0n) is 9.31. The summed E-state index contributed by atoms with van der Waals surface area (Å²) in [7, 11) is 0. The third kappa shape index (κ3) is 5.34. The third-order valence-corrected chi connectivity index (χ3v) is 1.90. The van der Waals surface area contributed by atoms with Gasteiger partial charge in [-0.1, -0.05) is 18.2 Å². The number of hydrogen-bond acceptors (Lipinski definition) is 3. The molecular formula is C11H19NO3. The number of amides is 1. The minimum atomic E-state index is -0.156. The first-order valence-corrected chi connectivity index (χ1v) is 4.98. The summed E-state index contributed by atoms with van der Waals surface area (Å²) in [6.45, 7) is 3.89. The van der Waals surface area contributed by atoms with Crippen LogP contribution in [0.5, 0.6) is 0 Å². The molecule has 0 aromatic heterocycles. The third-order valence-electron chi connectivity index (χ3n) is 1.90. The van der Waals surface area contributed by atoms with Crippen LogP contribution < -0.4 is 0 Å². The summed E-state index contributed by atoms with van der Waals surface area (Å²) < 4.78 is 0. The summed E-state index contributed by atoms with van der Waals surface area (Å²) in [4.78, 5) is 13.2. The van der Waals surface area contributed by atoms with Crippen molar-refractivity contribution in [3.05, 3.63) is 23.8 Å². The highest BCUT2D eigenvalue weighted by Crippen LogP contribution is 2.01. The van der Waals surface area contributed by atoms with Gasteiger partial charge in [-0.15, -0.1) is 0 Å². The predicted molar refractivity (Wildman–Crippen MR) is 59.3 cm³/mol. The van der Waals surface area contributed by atoms with E-state index in [9.17, 15) is 4.79 Å². The van der Waals surface area contributed by atoms with Crippen LogP contribution in [0, 0.1) is 0 Å². The Morgan fingerprint density at radius 1 is 1.27 bits per heavy atom. The van der Waals surface area contributed by atoms with Crippen molar-refractivity contribution in [2.45, 2.75) is 13.8 Å². The quantitative estimate of drug-likeness (QED) is 0.493. The Morgan fingerprint density at radius 2 is 1.80 bits per heavy atom. The van der Waals surface area contributed by atoms with Gasteiger partial charge in [0, 0.05) is 18.7 Å². The molecule has 0 fully saturated rings. The fourth-order valence-corrected chi connectivity index (χ4v) is 1.12. The summed E-state index contributed by atoms with van der Waals surface area (Å²) in [6, 6.07) is 0. The number of allylic oxidation sites excluding steroid dienone is 3. The van der Waals surface area contributed by atoms with Crippen LogP contribution in [0.4, 0.5) is 0 Å². The molecule has 0 aliphatic heterocycles. The van der Waals surface area contributed by atoms with Gasteiger partial charge >= 0.3 is 0 Å². The first-order chi connectivity index (χ1) is 7.17. The van der Waals surface area contributed by atoms with Gasteiger partial charge in [0.15, 0.2) is 0 Å². The van der Waals surface area contributed by atoms with Crippen LogP contribution in [-0.2, 0) is 4.79 Å². The smallest absolute Gasteiger partial charge is 0.249 e. The van der Waals surface area contributed by atoms with E-state index >= 15 is 0 Å². The zero-order chi connectivity index (χ0) is 11.7. The van der Waals surface area contributed by atoms with E-state index in [4.69, 9.17) is 10.2 Å². The molecule has 1 amide bonds. The highest BCUT2D eigenvalue weighted by Gasteiger charge is 2.13. The topological polar surface area (TPSA) is 60.8 Å². The molecule has 0 aromatic rings. The lowest BCUT2D eigenvalue weighted by molar-refractivity contribution is -0.128.